The highest BCUT2D eigenvalue weighted by Gasteiger charge is 2.18. The van der Waals surface area contributed by atoms with Crippen LogP contribution in [0.25, 0.3) is 94.1 Å². The first-order valence-corrected chi connectivity index (χ1v) is 17.2. The molecule has 4 nitrogen and oxygen atoms in total. The van der Waals surface area contributed by atoms with Gasteiger partial charge in [-0.05, 0) is 69.1 Å². The number of hydrogen-bond donors (Lipinski definition) is 0. The van der Waals surface area contributed by atoms with Crippen molar-refractivity contribution in [1.82, 2.24) is 19.5 Å². The lowest BCUT2D eigenvalue weighted by atomic mass is 10.00. The van der Waals surface area contributed by atoms with Crippen LogP contribution in [-0.4, -0.2) is 19.5 Å². The molecule has 0 aliphatic heterocycles. The highest BCUT2D eigenvalue weighted by Crippen LogP contribution is 2.41. The maximum absolute atomic E-state index is 5.10. The van der Waals surface area contributed by atoms with Gasteiger partial charge in [0.25, 0.3) is 0 Å². The lowest BCUT2D eigenvalue weighted by Crippen LogP contribution is -1.97. The molecular formula is C47H30N4. The number of hydrogen-bond acceptors (Lipinski definition) is 3. The third kappa shape index (κ3) is 4.96. The Balaban J connectivity index is 1.12. The Morgan fingerprint density at radius 3 is 1.51 bits per heavy atom. The first-order valence-electron chi connectivity index (χ1n) is 17.2. The third-order valence-electron chi connectivity index (χ3n) is 9.90. The fraction of sp³-hybridized carbons (Fsp3) is 0. The molecule has 0 radical (unpaired) electrons. The van der Waals surface area contributed by atoms with Crippen molar-refractivity contribution in [2.24, 2.45) is 0 Å². The summed E-state index contributed by atoms with van der Waals surface area (Å²) in [5.41, 5.74) is 10.5. The summed E-state index contributed by atoms with van der Waals surface area (Å²) in [7, 11) is 0. The van der Waals surface area contributed by atoms with Gasteiger partial charge in [-0.2, -0.15) is 0 Å². The first-order chi connectivity index (χ1) is 25.3. The summed E-state index contributed by atoms with van der Waals surface area (Å²) in [5.74, 6) is 0.699. The molecule has 0 unspecified atom stereocenters. The van der Waals surface area contributed by atoms with Gasteiger partial charge in [-0.3, -0.25) is 4.98 Å². The van der Waals surface area contributed by atoms with E-state index in [2.05, 4.69) is 155 Å². The molecule has 0 aliphatic carbocycles. The van der Waals surface area contributed by atoms with E-state index in [9.17, 15) is 0 Å². The van der Waals surface area contributed by atoms with Crippen molar-refractivity contribution in [2.75, 3.05) is 0 Å². The number of pyridine rings is 1. The van der Waals surface area contributed by atoms with E-state index in [1.807, 2.05) is 30.5 Å². The Bertz CT molecular complexity index is 2780. The molecule has 0 amide bonds. The fourth-order valence-corrected chi connectivity index (χ4v) is 7.43. The molecular weight excluding hydrogens is 621 g/mol. The molecule has 0 spiro atoms. The fourth-order valence-electron chi connectivity index (χ4n) is 7.43. The molecule has 0 fully saturated rings. The van der Waals surface area contributed by atoms with E-state index in [-0.39, 0.29) is 0 Å². The third-order valence-corrected chi connectivity index (χ3v) is 9.90. The molecule has 0 saturated carbocycles. The van der Waals surface area contributed by atoms with Crippen molar-refractivity contribution in [3.05, 3.63) is 182 Å². The van der Waals surface area contributed by atoms with Crippen LogP contribution in [-0.2, 0) is 0 Å². The minimum absolute atomic E-state index is 0.699. The quantitative estimate of drug-likeness (QED) is 0.186. The molecule has 0 aliphatic rings. The molecule has 3 aromatic heterocycles. The first kappa shape index (κ1) is 29.0. The second-order valence-electron chi connectivity index (χ2n) is 12.9. The van der Waals surface area contributed by atoms with Gasteiger partial charge in [0.05, 0.1) is 22.4 Å². The number of rotatable bonds is 5. The van der Waals surface area contributed by atoms with Gasteiger partial charge in [0.15, 0.2) is 5.82 Å². The average Bonchev–Trinajstić information content (AvgIpc) is 3.57. The van der Waals surface area contributed by atoms with Gasteiger partial charge >= 0.3 is 0 Å². The van der Waals surface area contributed by atoms with E-state index in [0.29, 0.717) is 5.82 Å². The summed E-state index contributed by atoms with van der Waals surface area (Å²) in [4.78, 5) is 14.4. The highest BCUT2D eigenvalue weighted by atomic mass is 15.0. The van der Waals surface area contributed by atoms with Crippen molar-refractivity contribution in [3.8, 4) is 50.7 Å². The summed E-state index contributed by atoms with van der Waals surface area (Å²) >= 11 is 0. The summed E-state index contributed by atoms with van der Waals surface area (Å²) in [6.07, 6.45) is 3.68. The second-order valence-corrected chi connectivity index (χ2v) is 12.9. The van der Waals surface area contributed by atoms with E-state index >= 15 is 0 Å². The van der Waals surface area contributed by atoms with E-state index in [1.54, 1.807) is 6.20 Å². The van der Waals surface area contributed by atoms with E-state index in [0.717, 1.165) is 44.9 Å². The van der Waals surface area contributed by atoms with Gasteiger partial charge in [0, 0.05) is 45.5 Å². The molecule has 10 aromatic rings. The van der Waals surface area contributed by atoms with Crippen LogP contribution in [0.2, 0.25) is 0 Å². The summed E-state index contributed by atoms with van der Waals surface area (Å²) in [5, 5.41) is 7.59. The smallest absolute Gasteiger partial charge is 0.160 e. The Morgan fingerprint density at radius 1 is 0.392 bits per heavy atom. The zero-order valence-corrected chi connectivity index (χ0v) is 27.6. The van der Waals surface area contributed by atoms with Crippen LogP contribution in [0.4, 0.5) is 0 Å². The van der Waals surface area contributed by atoms with Gasteiger partial charge in [0.2, 0.25) is 0 Å². The molecule has 238 valence electrons. The molecule has 4 heteroatoms. The largest absolute Gasteiger partial charge is 0.309 e. The zero-order valence-electron chi connectivity index (χ0n) is 27.6. The predicted molar refractivity (Wildman–Crippen MR) is 211 cm³/mol. The van der Waals surface area contributed by atoms with Gasteiger partial charge in [0.1, 0.15) is 0 Å². The van der Waals surface area contributed by atoms with Gasteiger partial charge in [-0.15, -0.1) is 0 Å². The van der Waals surface area contributed by atoms with Crippen LogP contribution in [0.1, 0.15) is 0 Å². The highest BCUT2D eigenvalue weighted by molar-refractivity contribution is 6.28. The van der Waals surface area contributed by atoms with Crippen molar-refractivity contribution in [3.63, 3.8) is 0 Å². The molecule has 0 saturated heterocycles. The topological polar surface area (TPSA) is 43.6 Å². The Morgan fingerprint density at radius 2 is 0.922 bits per heavy atom. The van der Waals surface area contributed by atoms with Crippen LogP contribution < -0.4 is 0 Å². The van der Waals surface area contributed by atoms with Crippen LogP contribution in [0.5, 0.6) is 0 Å². The van der Waals surface area contributed by atoms with E-state index in [4.69, 9.17) is 9.97 Å². The monoisotopic (exact) mass is 650 g/mol. The summed E-state index contributed by atoms with van der Waals surface area (Å²) in [6.45, 7) is 0. The molecule has 3 heterocycles. The Hall–Kier alpha value is -6.91. The Labute approximate surface area is 295 Å². The second kappa shape index (κ2) is 11.9. The minimum atomic E-state index is 0.699. The summed E-state index contributed by atoms with van der Waals surface area (Å²) < 4.78 is 2.40. The van der Waals surface area contributed by atoms with Crippen LogP contribution >= 0.6 is 0 Å². The molecule has 10 rings (SSSR count). The molecule has 51 heavy (non-hydrogen) atoms. The van der Waals surface area contributed by atoms with Gasteiger partial charge in [-0.25, -0.2) is 9.97 Å². The van der Waals surface area contributed by atoms with E-state index in [1.165, 1.54) is 43.4 Å². The van der Waals surface area contributed by atoms with Crippen molar-refractivity contribution in [1.29, 1.82) is 0 Å². The number of benzene rings is 7. The predicted octanol–water partition coefficient (Wildman–Crippen LogP) is 11.9. The number of aromatic nitrogens is 4. The lowest BCUT2D eigenvalue weighted by Gasteiger charge is -2.12. The molecule has 0 N–H and O–H groups in total. The number of nitrogens with zero attached hydrogens (tertiary/aromatic N) is 4. The summed E-state index contributed by atoms with van der Waals surface area (Å²) in [6, 6.07) is 60.0. The van der Waals surface area contributed by atoms with Crippen molar-refractivity contribution in [2.45, 2.75) is 0 Å². The number of fused-ring (bicyclic) bond motifs is 7. The Kier molecular flexibility index (Phi) is 6.78. The average molecular weight is 651 g/mol. The SMILES string of the molecule is c1ccc(-c2nc(-c3ccc(-c4cccnc4)cc3)cc(-c3ccc(-n4c5ccc6ccccc6c5c5c6ccccc6ccc54)cc3)n2)cc1. The van der Waals surface area contributed by atoms with Gasteiger partial charge < -0.3 is 4.57 Å². The van der Waals surface area contributed by atoms with Crippen LogP contribution in [0, 0.1) is 0 Å². The van der Waals surface area contributed by atoms with Crippen molar-refractivity contribution >= 4 is 43.4 Å². The van der Waals surface area contributed by atoms with E-state index < -0.39 is 0 Å². The lowest BCUT2D eigenvalue weighted by molar-refractivity contribution is 1.17. The van der Waals surface area contributed by atoms with Gasteiger partial charge in [-0.1, -0.05) is 133 Å². The van der Waals surface area contributed by atoms with Crippen LogP contribution in [0.15, 0.2) is 182 Å². The zero-order chi connectivity index (χ0) is 33.7. The maximum Gasteiger partial charge on any atom is 0.160 e. The minimum Gasteiger partial charge on any atom is -0.309 e. The molecule has 0 atom stereocenters. The molecule has 7 aromatic carbocycles. The maximum atomic E-state index is 5.10. The van der Waals surface area contributed by atoms with Crippen LogP contribution in [0.3, 0.4) is 0 Å². The normalized spacial score (nSPS) is 11.5. The molecule has 0 bridgehead atoms. The van der Waals surface area contributed by atoms with Crippen molar-refractivity contribution < 1.29 is 0 Å². The standard InChI is InChI=1S/C47H30N4/c1-2-11-36(12-3-1)47-49-41(34-18-16-31(17-19-34)37-13-8-28-48-30-37)29-42(50-47)35-20-24-38(25-21-35)51-43-26-22-32-9-4-6-14-39(32)45(43)46-40-15-7-5-10-33(40)23-27-44(46)51/h1-30H.